The zero-order valence-corrected chi connectivity index (χ0v) is 31.9. The van der Waals surface area contributed by atoms with Crippen LogP contribution in [0.5, 0.6) is 0 Å². The molecule has 268 valence electrons. The Morgan fingerprint density at radius 2 is 0.947 bits per heavy atom. The molecule has 11 aromatic rings. The second-order valence-corrected chi connectivity index (χ2v) is 15.6. The van der Waals surface area contributed by atoms with Crippen molar-refractivity contribution >= 4 is 70.4 Å². The molecule has 9 aromatic carbocycles. The first-order chi connectivity index (χ1) is 28.3. The lowest BCUT2D eigenvalue weighted by molar-refractivity contribution is 1.18. The average molecular weight is 745 g/mol. The standard InChI is InChI=1S/C54H36N2S/c1-4-15-37(16-5-1)40-29-34-50(48(35-40)38-17-6-2-7-18-38)55(43-32-33-46-45-21-11-13-26-52(45)57-53(46)36-43)42-30-27-39(28-31-42)44-23-14-25-51-54(44)47-22-10-12-24-49(47)56(51)41-19-8-3-9-20-41/h1-36H. The van der Waals surface area contributed by atoms with Crippen molar-refractivity contribution in [2.24, 2.45) is 0 Å². The van der Waals surface area contributed by atoms with Crippen molar-refractivity contribution in [3.05, 3.63) is 218 Å². The van der Waals surface area contributed by atoms with Crippen LogP contribution in [0.4, 0.5) is 17.1 Å². The van der Waals surface area contributed by atoms with Gasteiger partial charge in [-0.2, -0.15) is 0 Å². The molecule has 0 unspecified atom stereocenters. The molecule has 0 N–H and O–H groups in total. The molecule has 57 heavy (non-hydrogen) atoms. The maximum atomic E-state index is 2.44. The fraction of sp³-hybridized carbons (Fsp3) is 0. The molecular formula is C54H36N2S. The van der Waals surface area contributed by atoms with Crippen molar-refractivity contribution in [1.82, 2.24) is 4.57 Å². The number of hydrogen-bond donors (Lipinski definition) is 0. The molecule has 3 heteroatoms. The molecule has 0 saturated carbocycles. The first-order valence-corrected chi connectivity index (χ1v) is 20.2. The number of fused-ring (bicyclic) bond motifs is 6. The number of thiophene rings is 1. The van der Waals surface area contributed by atoms with Crippen LogP contribution >= 0.6 is 11.3 Å². The van der Waals surface area contributed by atoms with Crippen LogP contribution in [0.1, 0.15) is 0 Å². The molecule has 0 aliphatic heterocycles. The second kappa shape index (κ2) is 13.8. The molecule has 2 heterocycles. The summed E-state index contributed by atoms with van der Waals surface area (Å²) in [6.45, 7) is 0. The molecule has 0 aliphatic rings. The summed E-state index contributed by atoms with van der Waals surface area (Å²) in [5, 5.41) is 5.11. The van der Waals surface area contributed by atoms with Crippen LogP contribution in [0.25, 0.3) is 81.0 Å². The van der Waals surface area contributed by atoms with Crippen LogP contribution in [-0.2, 0) is 0 Å². The molecule has 11 rings (SSSR count). The Balaban J connectivity index is 1.10. The van der Waals surface area contributed by atoms with E-state index in [-0.39, 0.29) is 0 Å². The van der Waals surface area contributed by atoms with Gasteiger partial charge < -0.3 is 9.47 Å². The van der Waals surface area contributed by atoms with Gasteiger partial charge >= 0.3 is 0 Å². The second-order valence-electron chi connectivity index (χ2n) is 14.5. The van der Waals surface area contributed by atoms with Crippen LogP contribution in [0.15, 0.2) is 218 Å². The molecule has 0 fully saturated rings. The molecule has 0 saturated heterocycles. The normalized spacial score (nSPS) is 11.5. The highest BCUT2D eigenvalue weighted by atomic mass is 32.1. The highest BCUT2D eigenvalue weighted by molar-refractivity contribution is 7.25. The van der Waals surface area contributed by atoms with E-state index in [4.69, 9.17) is 0 Å². The molecule has 0 atom stereocenters. The average Bonchev–Trinajstić information content (AvgIpc) is 3.83. The van der Waals surface area contributed by atoms with Gasteiger partial charge in [0.15, 0.2) is 0 Å². The molecule has 0 amide bonds. The van der Waals surface area contributed by atoms with Crippen molar-refractivity contribution in [3.8, 4) is 39.1 Å². The van der Waals surface area contributed by atoms with Crippen molar-refractivity contribution in [1.29, 1.82) is 0 Å². The van der Waals surface area contributed by atoms with E-state index in [2.05, 4.69) is 228 Å². The van der Waals surface area contributed by atoms with E-state index in [1.165, 1.54) is 75.4 Å². The SMILES string of the molecule is c1ccc(-c2ccc(N(c3ccc(-c4cccc5c4c4ccccc4n5-c4ccccc4)cc3)c3ccc4c(c3)sc3ccccc34)c(-c3ccccc3)c2)cc1. The first-order valence-electron chi connectivity index (χ1n) is 19.4. The Morgan fingerprint density at radius 1 is 0.351 bits per heavy atom. The molecule has 0 radical (unpaired) electrons. The lowest BCUT2D eigenvalue weighted by atomic mass is 9.95. The number of aromatic nitrogens is 1. The van der Waals surface area contributed by atoms with E-state index < -0.39 is 0 Å². The van der Waals surface area contributed by atoms with Crippen molar-refractivity contribution in [2.45, 2.75) is 0 Å². The predicted octanol–water partition coefficient (Wildman–Crippen LogP) is 15.6. The van der Waals surface area contributed by atoms with Gasteiger partial charge in [-0.1, -0.05) is 152 Å². The van der Waals surface area contributed by atoms with Gasteiger partial charge in [-0.05, 0) is 94.5 Å². The minimum absolute atomic E-state index is 1.10. The highest BCUT2D eigenvalue weighted by Crippen LogP contribution is 2.46. The number of benzene rings is 9. The Bertz CT molecular complexity index is 3220. The van der Waals surface area contributed by atoms with Crippen molar-refractivity contribution < 1.29 is 0 Å². The van der Waals surface area contributed by atoms with E-state index >= 15 is 0 Å². The number of nitrogens with zero attached hydrogens (tertiary/aromatic N) is 2. The fourth-order valence-corrected chi connectivity index (χ4v) is 9.72. The Kier molecular flexibility index (Phi) is 8.04. The minimum atomic E-state index is 1.10. The van der Waals surface area contributed by atoms with Gasteiger partial charge in [-0.15, -0.1) is 11.3 Å². The summed E-state index contributed by atoms with van der Waals surface area (Å²) in [4.78, 5) is 2.44. The van der Waals surface area contributed by atoms with Gasteiger partial charge in [0, 0.05) is 53.6 Å². The van der Waals surface area contributed by atoms with Gasteiger partial charge in [-0.25, -0.2) is 0 Å². The molecule has 2 nitrogen and oxygen atoms in total. The summed E-state index contributed by atoms with van der Waals surface area (Å²) in [5.74, 6) is 0. The molecule has 0 spiro atoms. The summed E-state index contributed by atoms with van der Waals surface area (Å²) in [6, 6.07) is 79.4. The maximum absolute atomic E-state index is 2.44. The Hall–Kier alpha value is -7.20. The van der Waals surface area contributed by atoms with Crippen LogP contribution in [0.2, 0.25) is 0 Å². The number of hydrogen-bond acceptors (Lipinski definition) is 2. The topological polar surface area (TPSA) is 8.17 Å². The lowest BCUT2D eigenvalue weighted by Crippen LogP contribution is -2.11. The van der Waals surface area contributed by atoms with Gasteiger partial charge in [0.25, 0.3) is 0 Å². The van der Waals surface area contributed by atoms with Crippen LogP contribution in [0.3, 0.4) is 0 Å². The van der Waals surface area contributed by atoms with E-state index in [0.717, 1.165) is 22.7 Å². The number of para-hydroxylation sites is 2. The third kappa shape index (κ3) is 5.71. The minimum Gasteiger partial charge on any atom is -0.310 e. The first kappa shape index (κ1) is 33.2. The third-order valence-corrected chi connectivity index (χ3v) is 12.3. The Labute approximate surface area is 335 Å². The van der Waals surface area contributed by atoms with E-state index in [0.29, 0.717) is 0 Å². The van der Waals surface area contributed by atoms with E-state index in [9.17, 15) is 0 Å². The van der Waals surface area contributed by atoms with Gasteiger partial charge in [0.05, 0.1) is 16.7 Å². The number of rotatable bonds is 7. The zero-order valence-electron chi connectivity index (χ0n) is 31.1. The molecule has 2 aromatic heterocycles. The van der Waals surface area contributed by atoms with Crippen molar-refractivity contribution in [2.75, 3.05) is 4.90 Å². The summed E-state index contributed by atoms with van der Waals surface area (Å²) in [6.07, 6.45) is 0. The molecule has 0 aliphatic carbocycles. The predicted molar refractivity (Wildman–Crippen MR) is 245 cm³/mol. The largest absolute Gasteiger partial charge is 0.310 e. The fourth-order valence-electron chi connectivity index (χ4n) is 8.58. The molecule has 0 bridgehead atoms. The van der Waals surface area contributed by atoms with Gasteiger partial charge in [0.2, 0.25) is 0 Å². The summed E-state index contributed by atoms with van der Waals surface area (Å²) in [5.41, 5.74) is 14.1. The quantitative estimate of drug-likeness (QED) is 0.158. The van der Waals surface area contributed by atoms with Gasteiger partial charge in [0.1, 0.15) is 0 Å². The smallest absolute Gasteiger partial charge is 0.0547 e. The molecular weight excluding hydrogens is 709 g/mol. The maximum Gasteiger partial charge on any atom is 0.0547 e. The van der Waals surface area contributed by atoms with Gasteiger partial charge in [-0.3, -0.25) is 0 Å². The summed E-state index contributed by atoms with van der Waals surface area (Å²) >= 11 is 1.86. The summed E-state index contributed by atoms with van der Waals surface area (Å²) < 4.78 is 4.97. The van der Waals surface area contributed by atoms with Crippen molar-refractivity contribution in [3.63, 3.8) is 0 Å². The van der Waals surface area contributed by atoms with E-state index in [1.807, 2.05) is 11.3 Å². The van der Waals surface area contributed by atoms with Crippen LogP contribution in [-0.4, -0.2) is 4.57 Å². The summed E-state index contributed by atoms with van der Waals surface area (Å²) in [7, 11) is 0. The van der Waals surface area contributed by atoms with Crippen LogP contribution in [0, 0.1) is 0 Å². The Morgan fingerprint density at radius 3 is 1.74 bits per heavy atom. The third-order valence-electron chi connectivity index (χ3n) is 11.2. The zero-order chi connectivity index (χ0) is 37.7. The lowest BCUT2D eigenvalue weighted by Gasteiger charge is -2.28. The highest BCUT2D eigenvalue weighted by Gasteiger charge is 2.21. The van der Waals surface area contributed by atoms with Crippen LogP contribution < -0.4 is 4.90 Å². The number of anilines is 3. The van der Waals surface area contributed by atoms with E-state index in [1.54, 1.807) is 0 Å². The monoisotopic (exact) mass is 744 g/mol.